The molecule has 2 aliphatic heterocycles. The second kappa shape index (κ2) is 9.71. The fraction of sp³-hybridized carbons (Fsp3) is 0.429. The Morgan fingerprint density at radius 2 is 2.03 bits per heavy atom. The number of piperazine rings is 1. The van der Waals surface area contributed by atoms with E-state index in [-0.39, 0.29) is 28.9 Å². The maximum atomic E-state index is 14.9. The molecule has 2 aromatic rings. The Morgan fingerprint density at radius 1 is 1.27 bits per heavy atom. The van der Waals surface area contributed by atoms with E-state index >= 15 is 0 Å². The first-order valence-corrected chi connectivity index (χ1v) is 11.3. The number of anilines is 2. The van der Waals surface area contributed by atoms with Crippen molar-refractivity contribution in [2.45, 2.75) is 19.6 Å². The first kappa shape index (κ1) is 22.9. The summed E-state index contributed by atoms with van der Waals surface area (Å²) in [5.41, 5.74) is 0.872. The van der Waals surface area contributed by atoms with E-state index in [4.69, 9.17) is 4.74 Å². The molecule has 0 saturated carbocycles. The second-order valence-electron chi connectivity index (χ2n) is 7.95. The summed E-state index contributed by atoms with van der Waals surface area (Å²) in [7, 11) is 0. The third-order valence-corrected chi connectivity index (χ3v) is 6.64. The van der Waals surface area contributed by atoms with Gasteiger partial charge < -0.3 is 15.0 Å². The third kappa shape index (κ3) is 5.40. The minimum absolute atomic E-state index is 0.133. The molecule has 0 spiro atoms. The molecule has 1 atom stereocenters. The van der Waals surface area contributed by atoms with Crippen LogP contribution >= 0.6 is 11.3 Å². The standard InChI is InChI=1S/C21H24FN5O5S/c1-14(28)23-11-16-12-26(21(29)32-16)15-2-4-19(18(22)10-15)25-8-6-24(7-9-25)13-17-3-5-20(33-17)27(30)31/h2-5,10,16H,6-9,11-13H2,1H3,(H,23,28). The topological polar surface area (TPSA) is 108 Å². The molecule has 33 heavy (non-hydrogen) atoms. The highest BCUT2D eigenvalue weighted by atomic mass is 32.1. The molecule has 0 aliphatic carbocycles. The zero-order chi connectivity index (χ0) is 23.5. The second-order valence-corrected chi connectivity index (χ2v) is 9.10. The van der Waals surface area contributed by atoms with Crippen LogP contribution in [0.2, 0.25) is 0 Å². The van der Waals surface area contributed by atoms with Gasteiger partial charge in [-0.2, -0.15) is 0 Å². The number of nitro groups is 1. The quantitative estimate of drug-likeness (QED) is 0.482. The van der Waals surface area contributed by atoms with Crippen molar-refractivity contribution < 1.29 is 23.6 Å². The molecule has 1 N–H and O–H groups in total. The molecule has 10 nitrogen and oxygen atoms in total. The summed E-state index contributed by atoms with van der Waals surface area (Å²) in [6.07, 6.45) is -1.05. The summed E-state index contributed by atoms with van der Waals surface area (Å²) < 4.78 is 20.2. The Hall–Kier alpha value is -3.25. The molecule has 3 heterocycles. The Morgan fingerprint density at radius 3 is 2.67 bits per heavy atom. The van der Waals surface area contributed by atoms with Gasteiger partial charge in [0.25, 0.3) is 0 Å². The van der Waals surface area contributed by atoms with Crippen molar-refractivity contribution >= 4 is 39.7 Å². The van der Waals surface area contributed by atoms with Crippen LogP contribution in [0, 0.1) is 15.9 Å². The van der Waals surface area contributed by atoms with Crippen LogP contribution < -0.4 is 15.1 Å². The molecule has 2 saturated heterocycles. The molecule has 1 aromatic heterocycles. The summed E-state index contributed by atoms with van der Waals surface area (Å²) in [6, 6.07) is 7.98. The van der Waals surface area contributed by atoms with Crippen molar-refractivity contribution in [2.24, 2.45) is 0 Å². The highest BCUT2D eigenvalue weighted by molar-refractivity contribution is 7.15. The average molecular weight is 478 g/mol. The molecule has 176 valence electrons. The van der Waals surface area contributed by atoms with E-state index in [1.54, 1.807) is 18.2 Å². The number of nitrogens with one attached hydrogen (secondary N) is 1. The number of rotatable bonds is 7. The fourth-order valence-electron chi connectivity index (χ4n) is 3.93. The number of hydrogen-bond acceptors (Lipinski definition) is 8. The number of carbonyl (C=O) groups excluding carboxylic acids is 2. The van der Waals surface area contributed by atoms with E-state index in [1.807, 2.05) is 4.90 Å². The lowest BCUT2D eigenvalue weighted by molar-refractivity contribution is -0.380. The first-order chi connectivity index (χ1) is 15.8. The number of thiophene rings is 1. The van der Waals surface area contributed by atoms with Crippen LogP contribution in [0.3, 0.4) is 0 Å². The molecule has 12 heteroatoms. The number of amides is 2. The molecule has 2 amide bonds. The van der Waals surface area contributed by atoms with E-state index < -0.39 is 18.0 Å². The summed E-state index contributed by atoms with van der Waals surface area (Å²) in [5, 5.41) is 13.6. The zero-order valence-corrected chi connectivity index (χ0v) is 18.8. The smallest absolute Gasteiger partial charge is 0.414 e. The van der Waals surface area contributed by atoms with E-state index in [2.05, 4.69) is 10.2 Å². The molecular weight excluding hydrogens is 453 g/mol. The molecule has 4 rings (SSSR count). The highest BCUT2D eigenvalue weighted by Gasteiger charge is 2.33. The van der Waals surface area contributed by atoms with Gasteiger partial charge in [-0.3, -0.25) is 24.7 Å². The van der Waals surface area contributed by atoms with Crippen molar-refractivity contribution in [3.63, 3.8) is 0 Å². The van der Waals surface area contributed by atoms with Gasteiger partial charge in [-0.15, -0.1) is 0 Å². The maximum Gasteiger partial charge on any atom is 0.414 e. The molecule has 2 aliphatic rings. The number of cyclic esters (lactones) is 1. The normalized spacial score (nSPS) is 19.0. The van der Waals surface area contributed by atoms with Gasteiger partial charge >= 0.3 is 11.1 Å². The Kier molecular flexibility index (Phi) is 6.75. The number of nitrogens with zero attached hydrogens (tertiary/aromatic N) is 4. The lowest BCUT2D eigenvalue weighted by Gasteiger charge is -2.36. The SMILES string of the molecule is CC(=O)NCC1CN(c2ccc(N3CCN(Cc4ccc([N+](=O)[O-])s4)CC3)c(F)c2)C(=O)O1. The van der Waals surface area contributed by atoms with Crippen LogP contribution in [-0.4, -0.2) is 67.2 Å². The minimum Gasteiger partial charge on any atom is -0.442 e. The van der Waals surface area contributed by atoms with Gasteiger partial charge in [0.05, 0.1) is 29.4 Å². The molecular formula is C21H24FN5O5S. The van der Waals surface area contributed by atoms with E-state index in [1.165, 1.54) is 35.3 Å². The van der Waals surface area contributed by atoms with E-state index in [0.717, 1.165) is 4.88 Å². The average Bonchev–Trinajstić information content (AvgIpc) is 3.39. The lowest BCUT2D eigenvalue weighted by atomic mass is 10.2. The number of benzene rings is 1. The van der Waals surface area contributed by atoms with Crippen LogP contribution in [0.15, 0.2) is 30.3 Å². The number of halogens is 1. The molecule has 1 aromatic carbocycles. The molecule has 1 unspecified atom stereocenters. The van der Waals surface area contributed by atoms with Gasteiger partial charge in [0.1, 0.15) is 11.9 Å². The largest absolute Gasteiger partial charge is 0.442 e. The highest BCUT2D eigenvalue weighted by Crippen LogP contribution is 2.29. The predicted molar refractivity (Wildman–Crippen MR) is 121 cm³/mol. The van der Waals surface area contributed by atoms with Gasteiger partial charge in [-0.05, 0) is 24.3 Å². The van der Waals surface area contributed by atoms with Crippen molar-refractivity contribution in [1.82, 2.24) is 10.2 Å². The number of ether oxygens (including phenoxy) is 1. The van der Waals surface area contributed by atoms with E-state index in [9.17, 15) is 24.1 Å². The monoisotopic (exact) mass is 477 g/mol. The van der Waals surface area contributed by atoms with Gasteiger partial charge in [0, 0.05) is 50.6 Å². The Bertz CT molecular complexity index is 1060. The fourth-order valence-corrected chi connectivity index (χ4v) is 4.80. The molecule has 0 bridgehead atoms. The third-order valence-electron chi connectivity index (χ3n) is 5.62. The van der Waals surface area contributed by atoms with Crippen LogP contribution in [0.1, 0.15) is 11.8 Å². The van der Waals surface area contributed by atoms with Gasteiger partial charge in [-0.1, -0.05) is 11.3 Å². The summed E-state index contributed by atoms with van der Waals surface area (Å²) in [5.74, 6) is -0.635. The van der Waals surface area contributed by atoms with Crippen LogP contribution in [0.25, 0.3) is 0 Å². The van der Waals surface area contributed by atoms with Gasteiger partial charge in [0.15, 0.2) is 0 Å². The Balaban J connectivity index is 1.33. The van der Waals surface area contributed by atoms with Gasteiger partial charge in [0.2, 0.25) is 5.91 Å². The minimum atomic E-state index is -0.570. The van der Waals surface area contributed by atoms with Crippen LogP contribution in [-0.2, 0) is 16.1 Å². The van der Waals surface area contributed by atoms with E-state index in [0.29, 0.717) is 44.1 Å². The van der Waals surface area contributed by atoms with Crippen molar-refractivity contribution in [3.05, 3.63) is 51.1 Å². The van der Waals surface area contributed by atoms with Crippen LogP contribution in [0.4, 0.5) is 25.6 Å². The van der Waals surface area contributed by atoms with Crippen molar-refractivity contribution in [2.75, 3.05) is 49.1 Å². The summed E-state index contributed by atoms with van der Waals surface area (Å²) in [6.45, 7) is 5.11. The zero-order valence-electron chi connectivity index (χ0n) is 18.0. The van der Waals surface area contributed by atoms with Gasteiger partial charge in [-0.25, -0.2) is 9.18 Å². The maximum absolute atomic E-state index is 14.9. The summed E-state index contributed by atoms with van der Waals surface area (Å²) in [4.78, 5) is 40.1. The first-order valence-electron chi connectivity index (χ1n) is 10.5. The van der Waals surface area contributed by atoms with Crippen molar-refractivity contribution in [3.8, 4) is 0 Å². The van der Waals surface area contributed by atoms with Crippen molar-refractivity contribution in [1.29, 1.82) is 0 Å². The molecule has 0 radical (unpaired) electrons. The number of hydrogen-bond donors (Lipinski definition) is 1. The lowest BCUT2D eigenvalue weighted by Crippen LogP contribution is -2.46. The molecule has 2 fully saturated rings. The van der Waals surface area contributed by atoms with Crippen LogP contribution in [0.5, 0.6) is 0 Å². The number of carbonyl (C=O) groups is 2. The predicted octanol–water partition coefficient (Wildman–Crippen LogP) is 2.58. The summed E-state index contributed by atoms with van der Waals surface area (Å²) >= 11 is 1.18. The Labute approximate surface area is 193 Å².